The van der Waals surface area contributed by atoms with Crippen molar-refractivity contribution in [1.29, 1.82) is 0 Å². The molecular weight excluding hydrogens is 627 g/mol. The Morgan fingerprint density at radius 1 is 1.35 bits per heavy atom. The number of thiazole rings is 1. The van der Waals surface area contributed by atoms with Crippen LogP contribution in [0, 0.1) is 12.7 Å². The van der Waals surface area contributed by atoms with E-state index in [1.165, 1.54) is 41.4 Å². The Kier molecular flexibility index (Phi) is 9.98. The van der Waals surface area contributed by atoms with Gasteiger partial charge in [0, 0.05) is 36.8 Å². The third kappa shape index (κ3) is 6.74. The van der Waals surface area contributed by atoms with Crippen LogP contribution in [-0.2, 0) is 23.9 Å². The molecule has 5 rings (SSSR count). The number of benzene rings is 1. The largest absolute Gasteiger partial charge is 0.463 e. The van der Waals surface area contributed by atoms with Crippen LogP contribution < -0.4 is 5.32 Å². The normalized spacial score (nSPS) is 24.2. The first-order valence-corrected chi connectivity index (χ1v) is 15.7. The highest BCUT2D eigenvalue weighted by molar-refractivity contribution is 7.11. The summed E-state index contributed by atoms with van der Waals surface area (Å²) in [5, 5.41) is 17.1. The summed E-state index contributed by atoms with van der Waals surface area (Å²) in [7, 11) is 0. The van der Waals surface area contributed by atoms with E-state index in [0.717, 1.165) is 5.06 Å². The number of halogens is 3. The molecule has 0 spiro atoms. The SMILES string of the molecule is C=CCOC(=O)[C@@](C)(O)CCN1OC[C@H]2[C@@H]1C(F)(F)CN2CC1=C(C(=O)OCC)[C@H](c2cccc(F)c2C)N=C(c2nccs2)N1. The van der Waals surface area contributed by atoms with E-state index in [0.29, 0.717) is 16.4 Å². The fourth-order valence-electron chi connectivity index (χ4n) is 5.88. The molecule has 0 bridgehead atoms. The van der Waals surface area contributed by atoms with Gasteiger partial charge in [0.25, 0.3) is 5.92 Å². The number of amidine groups is 1. The highest BCUT2D eigenvalue weighted by Gasteiger charge is 2.61. The highest BCUT2D eigenvalue weighted by Crippen LogP contribution is 2.42. The van der Waals surface area contributed by atoms with Gasteiger partial charge >= 0.3 is 11.9 Å². The Morgan fingerprint density at radius 3 is 2.83 bits per heavy atom. The van der Waals surface area contributed by atoms with Gasteiger partial charge in [-0.2, -0.15) is 5.06 Å². The second-order valence-corrected chi connectivity index (χ2v) is 12.3. The summed E-state index contributed by atoms with van der Waals surface area (Å²) in [6.45, 7) is 6.84. The van der Waals surface area contributed by atoms with Crippen LogP contribution >= 0.6 is 11.3 Å². The number of carbonyl (C=O) groups excluding carboxylic acids is 2. The van der Waals surface area contributed by atoms with Crippen molar-refractivity contribution in [2.24, 2.45) is 4.99 Å². The van der Waals surface area contributed by atoms with E-state index in [1.54, 1.807) is 31.5 Å². The summed E-state index contributed by atoms with van der Waals surface area (Å²) < 4.78 is 56.4. The van der Waals surface area contributed by atoms with Crippen LogP contribution in [0.3, 0.4) is 0 Å². The van der Waals surface area contributed by atoms with E-state index in [4.69, 9.17) is 19.3 Å². The number of hydroxylamine groups is 2. The number of ether oxygens (including phenoxy) is 2. The van der Waals surface area contributed by atoms with Crippen molar-refractivity contribution in [3.8, 4) is 0 Å². The molecule has 2 fully saturated rings. The fraction of sp³-hybridized carbons (Fsp3) is 0.484. The lowest BCUT2D eigenvalue weighted by Crippen LogP contribution is -2.48. The Hall–Kier alpha value is -3.63. The van der Waals surface area contributed by atoms with Gasteiger partial charge in [0.05, 0.1) is 31.4 Å². The lowest BCUT2D eigenvalue weighted by molar-refractivity contribution is -0.191. The van der Waals surface area contributed by atoms with Gasteiger partial charge in [-0.15, -0.1) is 11.3 Å². The standard InChI is InChI=1S/C31H36F3N5O6S/c1-5-13-44-29(41)30(4,42)10-12-39-25-22(16-45-39)38(17-31(25,33)34)15-21-23(28(40)43-6-2)24(19-8-7-9-20(32)18(19)3)37-26(36-21)27-35-11-14-46-27/h5,7-9,11,14,22,24-25,42H,1,6,10,12-13,15-17H2,2-4H3,(H,36,37)/t22-,24-,25+,30-/m0/s1. The third-order valence-electron chi connectivity index (χ3n) is 8.21. The zero-order valence-electron chi connectivity index (χ0n) is 25.7. The van der Waals surface area contributed by atoms with E-state index in [2.05, 4.69) is 16.9 Å². The molecule has 1 aromatic heterocycles. The topological polar surface area (TPSA) is 126 Å². The van der Waals surface area contributed by atoms with Gasteiger partial charge in [-0.05, 0) is 38.0 Å². The molecule has 0 saturated carbocycles. The second kappa shape index (κ2) is 13.6. The van der Waals surface area contributed by atoms with Crippen molar-refractivity contribution >= 4 is 29.1 Å². The van der Waals surface area contributed by atoms with Gasteiger partial charge in [0.1, 0.15) is 24.5 Å². The smallest absolute Gasteiger partial charge is 0.338 e. The van der Waals surface area contributed by atoms with Crippen molar-refractivity contribution in [3.05, 3.63) is 75.7 Å². The van der Waals surface area contributed by atoms with Crippen molar-refractivity contribution in [2.45, 2.75) is 56.8 Å². The van der Waals surface area contributed by atoms with Crippen LogP contribution in [0.25, 0.3) is 0 Å². The number of alkyl halides is 2. The van der Waals surface area contributed by atoms with Crippen LogP contribution in [0.1, 0.15) is 42.4 Å². The van der Waals surface area contributed by atoms with E-state index in [-0.39, 0.29) is 56.2 Å². The molecule has 248 valence electrons. The zero-order chi connectivity index (χ0) is 33.2. The fourth-order valence-corrected chi connectivity index (χ4v) is 6.47. The van der Waals surface area contributed by atoms with Crippen molar-refractivity contribution < 1.29 is 42.2 Å². The Balaban J connectivity index is 1.45. The lowest BCUT2D eigenvalue weighted by Gasteiger charge is -2.31. The number of esters is 2. The maximum absolute atomic E-state index is 15.7. The Morgan fingerprint density at radius 2 is 2.13 bits per heavy atom. The zero-order valence-corrected chi connectivity index (χ0v) is 26.5. The van der Waals surface area contributed by atoms with Gasteiger partial charge in [0.2, 0.25) is 0 Å². The van der Waals surface area contributed by atoms with Crippen LogP contribution in [0.15, 0.2) is 58.7 Å². The number of aliphatic imine (C=N–C) groups is 1. The molecule has 2 N–H and O–H groups in total. The van der Waals surface area contributed by atoms with Crippen molar-refractivity contribution in [2.75, 3.05) is 39.5 Å². The quantitative estimate of drug-likeness (QED) is 0.258. The molecule has 11 nitrogen and oxygen atoms in total. The molecule has 0 amide bonds. The summed E-state index contributed by atoms with van der Waals surface area (Å²) >= 11 is 1.29. The van der Waals surface area contributed by atoms with Crippen LogP contribution in [0.4, 0.5) is 13.2 Å². The van der Waals surface area contributed by atoms with Gasteiger partial charge in [-0.3, -0.25) is 14.7 Å². The molecule has 1 aromatic carbocycles. The maximum atomic E-state index is 15.7. The van der Waals surface area contributed by atoms with Gasteiger partial charge in [-0.25, -0.2) is 27.7 Å². The summed E-state index contributed by atoms with van der Waals surface area (Å²) in [5.41, 5.74) is -0.869. The predicted molar refractivity (Wildman–Crippen MR) is 162 cm³/mol. The molecule has 3 aliphatic rings. The number of carbonyl (C=O) groups is 2. The summed E-state index contributed by atoms with van der Waals surface area (Å²) in [6.07, 6.45) is 2.72. The minimum Gasteiger partial charge on any atom is -0.463 e. The molecule has 0 aliphatic carbocycles. The average Bonchev–Trinajstić information content (AvgIpc) is 3.75. The van der Waals surface area contributed by atoms with Crippen molar-refractivity contribution in [3.63, 3.8) is 0 Å². The van der Waals surface area contributed by atoms with Crippen molar-refractivity contribution in [1.82, 2.24) is 20.3 Å². The number of likely N-dealkylation sites (tertiary alicyclic amines) is 1. The number of aromatic nitrogens is 1. The molecular formula is C31H36F3N5O6S. The molecule has 3 aliphatic heterocycles. The first kappa shape index (κ1) is 33.7. The molecule has 2 saturated heterocycles. The number of fused-ring (bicyclic) bond motifs is 1. The van der Waals surface area contributed by atoms with Crippen LogP contribution in [0.5, 0.6) is 0 Å². The molecule has 15 heteroatoms. The van der Waals surface area contributed by atoms with Crippen LogP contribution in [0.2, 0.25) is 0 Å². The number of rotatable bonds is 12. The number of aliphatic hydroxyl groups is 1. The van der Waals surface area contributed by atoms with Crippen LogP contribution in [-0.4, -0.2) is 101 Å². The van der Waals surface area contributed by atoms with E-state index >= 15 is 8.78 Å². The van der Waals surface area contributed by atoms with Gasteiger partial charge in [-0.1, -0.05) is 24.8 Å². The molecule has 4 heterocycles. The highest BCUT2D eigenvalue weighted by atomic mass is 32.1. The average molecular weight is 664 g/mol. The minimum absolute atomic E-state index is 0.0493. The van der Waals surface area contributed by atoms with Gasteiger partial charge < -0.3 is 19.9 Å². The second-order valence-electron chi connectivity index (χ2n) is 11.4. The first-order chi connectivity index (χ1) is 21.9. The molecule has 46 heavy (non-hydrogen) atoms. The number of hydrogen-bond acceptors (Lipinski definition) is 12. The predicted octanol–water partition coefficient (Wildman–Crippen LogP) is 3.30. The molecule has 0 radical (unpaired) electrons. The molecule has 2 aromatic rings. The summed E-state index contributed by atoms with van der Waals surface area (Å²) in [6, 6.07) is 1.30. The minimum atomic E-state index is -3.25. The molecule has 0 unspecified atom stereocenters. The van der Waals surface area contributed by atoms with Gasteiger partial charge in [0.15, 0.2) is 16.4 Å². The number of nitrogens with one attached hydrogen (secondary N) is 1. The van der Waals surface area contributed by atoms with E-state index < -0.39 is 53.9 Å². The summed E-state index contributed by atoms with van der Waals surface area (Å²) in [5.74, 6) is -5.03. The number of nitrogens with zero attached hydrogens (tertiary/aromatic N) is 4. The first-order valence-electron chi connectivity index (χ1n) is 14.8. The van der Waals surface area contributed by atoms with E-state index in [9.17, 15) is 19.1 Å². The maximum Gasteiger partial charge on any atom is 0.338 e. The monoisotopic (exact) mass is 663 g/mol. The lowest BCUT2D eigenvalue weighted by atomic mass is 9.92. The third-order valence-corrected chi connectivity index (χ3v) is 8.99. The number of hydrogen-bond donors (Lipinski definition) is 2. The summed E-state index contributed by atoms with van der Waals surface area (Å²) in [4.78, 5) is 42.0. The Bertz CT molecular complexity index is 1530. The molecule has 4 atom stereocenters. The Labute approximate surface area is 268 Å². The van der Waals surface area contributed by atoms with E-state index in [1.807, 2.05) is 0 Å².